The van der Waals surface area contributed by atoms with Gasteiger partial charge in [0.15, 0.2) is 0 Å². The highest BCUT2D eigenvalue weighted by Crippen LogP contribution is 2.28. The Balaban J connectivity index is 1.55. The number of hydrogen-bond acceptors (Lipinski definition) is 5. The molecule has 2 fully saturated rings. The number of carbonyl (C=O) groups is 4. The summed E-state index contributed by atoms with van der Waals surface area (Å²) in [5, 5.41) is 3.05. The number of hydrogen-bond donors (Lipinski definition) is 1. The minimum Gasteiger partial charge on any atom is -0.335 e. The Kier molecular flexibility index (Phi) is 6.34. The van der Waals surface area contributed by atoms with Crippen LogP contribution in [0, 0.1) is 0 Å². The van der Waals surface area contributed by atoms with Crippen LogP contribution in [-0.4, -0.2) is 56.7 Å². The lowest BCUT2D eigenvalue weighted by atomic mass is 9.93. The first-order valence-corrected chi connectivity index (χ1v) is 11.4. The van der Waals surface area contributed by atoms with Crippen LogP contribution in [0.25, 0.3) is 0 Å². The third kappa shape index (κ3) is 4.20. The van der Waals surface area contributed by atoms with Crippen molar-refractivity contribution in [3.05, 3.63) is 29.6 Å². The van der Waals surface area contributed by atoms with Crippen molar-refractivity contribution >= 4 is 23.8 Å². The molecule has 1 atom stereocenters. The molecule has 4 rings (SSSR count). The minimum atomic E-state index is -1.06. The van der Waals surface area contributed by atoms with Crippen LogP contribution in [0.4, 0.5) is 4.79 Å². The fraction of sp³-hybridized carbons (Fsp3) is 0.609. The number of amides is 5. The van der Waals surface area contributed by atoms with Crippen molar-refractivity contribution in [2.45, 2.75) is 89.3 Å². The number of fused-ring (bicyclic) bond motifs is 1. The highest BCUT2D eigenvalue weighted by Gasteiger charge is 2.44. The van der Waals surface area contributed by atoms with Gasteiger partial charge in [-0.2, -0.15) is 0 Å². The van der Waals surface area contributed by atoms with Crippen LogP contribution in [0.15, 0.2) is 18.5 Å². The second-order valence-electron chi connectivity index (χ2n) is 8.86. The maximum atomic E-state index is 13.6. The van der Waals surface area contributed by atoms with Gasteiger partial charge < -0.3 is 5.32 Å². The van der Waals surface area contributed by atoms with Crippen molar-refractivity contribution in [3.8, 4) is 0 Å². The van der Waals surface area contributed by atoms with E-state index >= 15 is 0 Å². The summed E-state index contributed by atoms with van der Waals surface area (Å²) in [4.78, 5) is 58.7. The lowest BCUT2D eigenvalue weighted by Gasteiger charge is -2.37. The topological polar surface area (TPSA) is 99.7 Å². The molecular weight excluding hydrogens is 396 g/mol. The molecule has 5 amide bonds. The predicted molar refractivity (Wildman–Crippen MR) is 113 cm³/mol. The number of imide groups is 2. The highest BCUT2D eigenvalue weighted by molar-refractivity contribution is 6.23. The van der Waals surface area contributed by atoms with E-state index in [0.717, 1.165) is 62.7 Å². The van der Waals surface area contributed by atoms with Crippen LogP contribution in [0.3, 0.4) is 0 Å². The average Bonchev–Trinajstić information content (AvgIpc) is 3.05. The van der Waals surface area contributed by atoms with Gasteiger partial charge in [0.1, 0.15) is 6.04 Å². The zero-order valence-corrected chi connectivity index (χ0v) is 18.0. The Hall–Kier alpha value is -2.77. The number of pyridine rings is 1. The monoisotopic (exact) mass is 426 g/mol. The maximum Gasteiger partial charge on any atom is 0.324 e. The largest absolute Gasteiger partial charge is 0.335 e. The standard InChI is InChI=1S/C23H30N4O4/c1-15(26-21(29)18-12-13-24-14-19(18)22(26)30)20(28)27(17-10-6-3-7-11-17)23(31)25-16-8-4-2-5-9-16/h12-17H,2-11H2,1H3,(H,25,31). The van der Waals surface area contributed by atoms with E-state index in [1.165, 1.54) is 36.7 Å². The number of nitrogens with one attached hydrogen (secondary N) is 1. The third-order valence-corrected chi connectivity index (χ3v) is 6.79. The molecule has 3 aliphatic rings. The average molecular weight is 427 g/mol. The molecule has 0 aromatic carbocycles. The van der Waals surface area contributed by atoms with E-state index in [9.17, 15) is 19.2 Å². The Morgan fingerprint density at radius 3 is 2.26 bits per heavy atom. The molecule has 0 bridgehead atoms. The number of aromatic nitrogens is 1. The third-order valence-electron chi connectivity index (χ3n) is 6.79. The second kappa shape index (κ2) is 9.16. The van der Waals surface area contributed by atoms with Gasteiger partial charge in [-0.05, 0) is 38.7 Å². The van der Waals surface area contributed by atoms with Gasteiger partial charge in [0.25, 0.3) is 17.7 Å². The van der Waals surface area contributed by atoms with E-state index < -0.39 is 29.8 Å². The fourth-order valence-electron chi connectivity index (χ4n) is 5.04. The van der Waals surface area contributed by atoms with Gasteiger partial charge in [-0.15, -0.1) is 0 Å². The molecule has 1 aliphatic heterocycles. The maximum absolute atomic E-state index is 13.6. The molecule has 166 valence electrons. The van der Waals surface area contributed by atoms with Crippen molar-refractivity contribution in [2.75, 3.05) is 0 Å². The van der Waals surface area contributed by atoms with Crippen molar-refractivity contribution in [1.29, 1.82) is 0 Å². The summed E-state index contributed by atoms with van der Waals surface area (Å²) in [6.45, 7) is 1.53. The Morgan fingerprint density at radius 2 is 1.61 bits per heavy atom. The molecule has 0 radical (unpaired) electrons. The SMILES string of the molecule is CC(C(=O)N(C(=O)NC1CCCCC1)C1CCCCC1)N1C(=O)c2ccncc2C1=O. The van der Waals surface area contributed by atoms with Crippen LogP contribution in [0.2, 0.25) is 0 Å². The van der Waals surface area contributed by atoms with Crippen LogP contribution in [0.1, 0.15) is 91.8 Å². The molecule has 1 N–H and O–H groups in total. The Morgan fingerprint density at radius 1 is 1.00 bits per heavy atom. The van der Waals surface area contributed by atoms with E-state index in [0.29, 0.717) is 0 Å². The summed E-state index contributed by atoms with van der Waals surface area (Å²) in [5.74, 6) is -1.55. The number of urea groups is 1. The molecular formula is C23H30N4O4. The summed E-state index contributed by atoms with van der Waals surface area (Å²) in [6, 6.07) is -0.105. The van der Waals surface area contributed by atoms with Gasteiger partial charge >= 0.3 is 6.03 Å². The van der Waals surface area contributed by atoms with E-state index in [1.54, 1.807) is 0 Å². The molecule has 31 heavy (non-hydrogen) atoms. The van der Waals surface area contributed by atoms with Gasteiger partial charge in [-0.1, -0.05) is 38.5 Å². The quantitative estimate of drug-likeness (QED) is 0.745. The van der Waals surface area contributed by atoms with Gasteiger partial charge in [-0.3, -0.25) is 29.2 Å². The first kappa shape index (κ1) is 21.5. The van der Waals surface area contributed by atoms with Crippen LogP contribution in [-0.2, 0) is 4.79 Å². The first-order chi connectivity index (χ1) is 15.0. The summed E-state index contributed by atoms with van der Waals surface area (Å²) in [6.07, 6.45) is 12.4. The fourth-order valence-corrected chi connectivity index (χ4v) is 5.04. The smallest absolute Gasteiger partial charge is 0.324 e. The molecule has 8 heteroatoms. The van der Waals surface area contributed by atoms with Crippen LogP contribution < -0.4 is 5.32 Å². The molecule has 1 unspecified atom stereocenters. The summed E-state index contributed by atoms with van der Waals surface area (Å²) in [5.41, 5.74) is 0.443. The van der Waals surface area contributed by atoms with Gasteiger partial charge in [0, 0.05) is 24.5 Å². The van der Waals surface area contributed by atoms with Gasteiger partial charge in [0.05, 0.1) is 11.1 Å². The zero-order valence-electron chi connectivity index (χ0n) is 18.0. The molecule has 2 aliphatic carbocycles. The molecule has 1 aromatic heterocycles. The lowest BCUT2D eigenvalue weighted by Crippen LogP contribution is -2.58. The minimum absolute atomic E-state index is 0.0702. The Labute approximate surface area is 182 Å². The van der Waals surface area contributed by atoms with Crippen LogP contribution >= 0.6 is 0 Å². The molecule has 8 nitrogen and oxygen atoms in total. The second-order valence-corrected chi connectivity index (χ2v) is 8.86. The van der Waals surface area contributed by atoms with Crippen molar-refractivity contribution in [2.24, 2.45) is 0 Å². The molecule has 0 spiro atoms. The van der Waals surface area contributed by atoms with E-state index in [1.807, 2.05) is 0 Å². The first-order valence-electron chi connectivity index (χ1n) is 11.4. The van der Waals surface area contributed by atoms with E-state index in [2.05, 4.69) is 10.3 Å². The van der Waals surface area contributed by atoms with E-state index in [-0.39, 0.29) is 23.2 Å². The van der Waals surface area contributed by atoms with Crippen molar-refractivity contribution < 1.29 is 19.2 Å². The summed E-state index contributed by atoms with van der Waals surface area (Å²) in [7, 11) is 0. The molecule has 1 aromatic rings. The van der Waals surface area contributed by atoms with Crippen molar-refractivity contribution in [3.63, 3.8) is 0 Å². The number of rotatable bonds is 4. The summed E-state index contributed by atoms with van der Waals surface area (Å²) >= 11 is 0. The lowest BCUT2D eigenvalue weighted by molar-refractivity contribution is -0.134. The number of carbonyl (C=O) groups excluding carboxylic acids is 4. The van der Waals surface area contributed by atoms with Crippen LogP contribution in [0.5, 0.6) is 0 Å². The zero-order chi connectivity index (χ0) is 22.0. The van der Waals surface area contributed by atoms with Crippen molar-refractivity contribution in [1.82, 2.24) is 20.1 Å². The molecule has 2 saturated carbocycles. The summed E-state index contributed by atoms with van der Waals surface area (Å²) < 4.78 is 0. The molecule has 2 heterocycles. The number of nitrogens with zero attached hydrogens (tertiary/aromatic N) is 3. The van der Waals surface area contributed by atoms with E-state index in [4.69, 9.17) is 0 Å². The normalized spacial score (nSPS) is 21.0. The van der Waals surface area contributed by atoms with Gasteiger partial charge in [0.2, 0.25) is 0 Å². The highest BCUT2D eigenvalue weighted by atomic mass is 16.2. The van der Waals surface area contributed by atoms with Gasteiger partial charge in [-0.25, -0.2) is 4.79 Å². The Bertz CT molecular complexity index is 839. The predicted octanol–water partition coefficient (Wildman–Crippen LogP) is 3.27. The molecule has 0 saturated heterocycles.